The summed E-state index contributed by atoms with van der Waals surface area (Å²) in [5.74, 6) is -1.14. The van der Waals surface area contributed by atoms with Crippen LogP contribution in [0.4, 0.5) is 5.69 Å². The van der Waals surface area contributed by atoms with Crippen LogP contribution in [0.15, 0.2) is 88.5 Å². The molecule has 156 valence electrons. The summed E-state index contributed by atoms with van der Waals surface area (Å²) in [5, 5.41) is 3.30. The number of anilines is 1. The van der Waals surface area contributed by atoms with Gasteiger partial charge in [-0.1, -0.05) is 54.6 Å². The highest BCUT2D eigenvalue weighted by Crippen LogP contribution is 2.23. The van der Waals surface area contributed by atoms with Gasteiger partial charge in [-0.05, 0) is 40.4 Å². The summed E-state index contributed by atoms with van der Waals surface area (Å²) in [5.41, 5.74) is 5.33. The molecule has 31 heavy (non-hydrogen) atoms. The summed E-state index contributed by atoms with van der Waals surface area (Å²) in [6, 6.07) is 22.0. The fraction of sp³-hybridized carbons (Fsp3) is 0. The number of amides is 2. The number of fused-ring (bicyclic) bond motifs is 1. The molecule has 0 aliphatic heterocycles. The molecule has 7 nitrogen and oxygen atoms in total. The maximum atomic E-state index is 12.7. The Morgan fingerprint density at radius 3 is 2.13 bits per heavy atom. The molecule has 0 bridgehead atoms. The quantitative estimate of drug-likeness (QED) is 0.402. The van der Waals surface area contributed by atoms with Crippen molar-refractivity contribution in [2.45, 2.75) is 4.21 Å². The highest BCUT2D eigenvalue weighted by atomic mass is 32.2. The highest BCUT2D eigenvalue weighted by molar-refractivity contribution is 7.94. The summed E-state index contributed by atoms with van der Waals surface area (Å²) < 4.78 is 27.6. The molecule has 9 heteroatoms. The molecule has 2 amide bonds. The number of hydrogen-bond donors (Lipinski definition) is 3. The number of carbonyl (C=O) groups excluding carboxylic acids is 2. The van der Waals surface area contributed by atoms with Crippen LogP contribution in [-0.4, -0.2) is 20.2 Å². The third-order valence-electron chi connectivity index (χ3n) is 4.50. The van der Waals surface area contributed by atoms with Crippen molar-refractivity contribution in [2.75, 3.05) is 4.72 Å². The van der Waals surface area contributed by atoms with Crippen LogP contribution in [0.1, 0.15) is 20.7 Å². The van der Waals surface area contributed by atoms with Crippen LogP contribution in [-0.2, 0) is 10.0 Å². The first kappa shape index (κ1) is 20.6. The molecule has 0 unspecified atom stereocenters. The molecule has 0 aliphatic carbocycles. The lowest BCUT2D eigenvalue weighted by molar-refractivity contribution is 0.0848. The molecule has 0 fully saturated rings. The van der Waals surface area contributed by atoms with Gasteiger partial charge in [-0.25, -0.2) is 8.42 Å². The number of hydrazine groups is 1. The second kappa shape index (κ2) is 8.58. The van der Waals surface area contributed by atoms with Crippen molar-refractivity contribution in [2.24, 2.45) is 0 Å². The predicted octanol–water partition coefficient (Wildman–Crippen LogP) is 3.78. The van der Waals surface area contributed by atoms with E-state index in [0.717, 1.165) is 22.1 Å². The Bertz CT molecular complexity index is 1360. The molecular formula is C22H17N3O4S2. The number of rotatable bonds is 5. The van der Waals surface area contributed by atoms with Crippen molar-refractivity contribution < 1.29 is 18.0 Å². The number of hydrogen-bond acceptors (Lipinski definition) is 5. The Labute approximate surface area is 182 Å². The maximum Gasteiger partial charge on any atom is 0.271 e. The van der Waals surface area contributed by atoms with Gasteiger partial charge in [0, 0.05) is 5.56 Å². The van der Waals surface area contributed by atoms with E-state index < -0.39 is 21.8 Å². The lowest BCUT2D eigenvalue weighted by Gasteiger charge is -2.13. The average molecular weight is 452 g/mol. The number of para-hydroxylation sites is 1. The zero-order valence-electron chi connectivity index (χ0n) is 16.0. The molecule has 1 aromatic heterocycles. The normalized spacial score (nSPS) is 11.1. The van der Waals surface area contributed by atoms with Gasteiger partial charge in [-0.2, -0.15) is 0 Å². The Morgan fingerprint density at radius 2 is 1.35 bits per heavy atom. The Hall–Kier alpha value is -3.69. The largest absolute Gasteiger partial charge is 0.278 e. The number of thiophene rings is 1. The molecular weight excluding hydrogens is 434 g/mol. The molecule has 1 heterocycles. The van der Waals surface area contributed by atoms with E-state index in [0.29, 0.717) is 5.56 Å². The molecule has 0 radical (unpaired) electrons. The van der Waals surface area contributed by atoms with E-state index in [-0.39, 0.29) is 15.5 Å². The van der Waals surface area contributed by atoms with Gasteiger partial charge in [0.2, 0.25) is 0 Å². The molecule has 0 saturated carbocycles. The summed E-state index contributed by atoms with van der Waals surface area (Å²) >= 11 is 1.07. The smallest absolute Gasteiger partial charge is 0.271 e. The third-order valence-corrected chi connectivity index (χ3v) is 7.26. The standard InChI is InChI=1S/C22H17N3O4S2/c26-21(17-11-5-8-15-7-1-2-9-16(15)17)23-24-22(27)18-10-3-4-12-19(18)25-31(28,29)20-13-6-14-30-20/h1-14,25H,(H,23,26)(H,24,27). The topological polar surface area (TPSA) is 104 Å². The number of benzene rings is 3. The van der Waals surface area contributed by atoms with E-state index >= 15 is 0 Å². The van der Waals surface area contributed by atoms with Crippen LogP contribution < -0.4 is 15.6 Å². The van der Waals surface area contributed by atoms with E-state index in [1.165, 1.54) is 18.2 Å². The molecule has 4 rings (SSSR count). The average Bonchev–Trinajstić information content (AvgIpc) is 3.33. The van der Waals surface area contributed by atoms with Crippen molar-refractivity contribution in [3.63, 3.8) is 0 Å². The maximum absolute atomic E-state index is 12.7. The van der Waals surface area contributed by atoms with Gasteiger partial charge in [0.15, 0.2) is 0 Å². The van der Waals surface area contributed by atoms with Crippen LogP contribution in [0.3, 0.4) is 0 Å². The van der Waals surface area contributed by atoms with Crippen molar-refractivity contribution in [3.05, 3.63) is 95.4 Å². The Balaban J connectivity index is 1.51. The zero-order valence-corrected chi connectivity index (χ0v) is 17.7. The van der Waals surface area contributed by atoms with Crippen LogP contribution in [0, 0.1) is 0 Å². The Morgan fingerprint density at radius 1 is 0.710 bits per heavy atom. The Kier molecular flexibility index (Phi) is 5.70. The molecule has 0 atom stereocenters. The minimum absolute atomic E-state index is 0.0702. The first-order valence-corrected chi connectivity index (χ1v) is 11.6. The van der Waals surface area contributed by atoms with Gasteiger partial charge in [0.05, 0.1) is 11.3 Å². The van der Waals surface area contributed by atoms with Crippen LogP contribution in [0.5, 0.6) is 0 Å². The summed E-state index contributed by atoms with van der Waals surface area (Å²) in [4.78, 5) is 25.3. The van der Waals surface area contributed by atoms with Crippen molar-refractivity contribution in [1.29, 1.82) is 0 Å². The minimum Gasteiger partial charge on any atom is -0.278 e. The van der Waals surface area contributed by atoms with Crippen molar-refractivity contribution in [1.82, 2.24) is 10.9 Å². The predicted molar refractivity (Wildman–Crippen MR) is 120 cm³/mol. The summed E-state index contributed by atoms with van der Waals surface area (Å²) in [6.07, 6.45) is 0. The molecule has 0 saturated heterocycles. The van der Waals surface area contributed by atoms with Crippen LogP contribution in [0.2, 0.25) is 0 Å². The SMILES string of the molecule is O=C(NNC(=O)c1cccc2ccccc12)c1ccccc1NS(=O)(=O)c1cccs1. The molecule has 4 aromatic rings. The van der Waals surface area contributed by atoms with Crippen LogP contribution in [0.25, 0.3) is 10.8 Å². The van der Waals surface area contributed by atoms with E-state index in [2.05, 4.69) is 15.6 Å². The summed E-state index contributed by atoms with van der Waals surface area (Å²) in [7, 11) is -3.82. The zero-order chi connectivity index (χ0) is 21.8. The number of nitrogens with one attached hydrogen (secondary N) is 3. The van der Waals surface area contributed by atoms with Gasteiger partial charge < -0.3 is 0 Å². The first-order valence-electron chi connectivity index (χ1n) is 9.19. The lowest BCUT2D eigenvalue weighted by Crippen LogP contribution is -2.42. The molecule has 3 N–H and O–H groups in total. The first-order chi connectivity index (χ1) is 15.0. The highest BCUT2D eigenvalue weighted by Gasteiger charge is 2.20. The summed E-state index contributed by atoms with van der Waals surface area (Å²) in [6.45, 7) is 0. The fourth-order valence-electron chi connectivity index (χ4n) is 3.05. The van der Waals surface area contributed by atoms with E-state index in [9.17, 15) is 18.0 Å². The van der Waals surface area contributed by atoms with Gasteiger partial charge >= 0.3 is 0 Å². The van der Waals surface area contributed by atoms with Gasteiger partial charge in [-0.15, -0.1) is 11.3 Å². The van der Waals surface area contributed by atoms with Gasteiger partial charge in [-0.3, -0.25) is 25.2 Å². The van der Waals surface area contributed by atoms with Gasteiger partial charge in [0.1, 0.15) is 4.21 Å². The monoisotopic (exact) mass is 451 g/mol. The fourth-order valence-corrected chi connectivity index (χ4v) is 5.13. The number of sulfonamides is 1. The molecule has 3 aromatic carbocycles. The number of carbonyl (C=O) groups is 2. The van der Waals surface area contributed by atoms with Gasteiger partial charge in [0.25, 0.3) is 21.8 Å². The van der Waals surface area contributed by atoms with E-state index in [1.54, 1.807) is 35.7 Å². The van der Waals surface area contributed by atoms with Crippen LogP contribution >= 0.6 is 11.3 Å². The van der Waals surface area contributed by atoms with E-state index in [1.807, 2.05) is 30.3 Å². The third kappa shape index (κ3) is 4.42. The van der Waals surface area contributed by atoms with Crippen molar-refractivity contribution in [3.8, 4) is 0 Å². The van der Waals surface area contributed by atoms with Crippen molar-refractivity contribution >= 4 is 49.6 Å². The second-order valence-corrected chi connectivity index (χ2v) is 9.38. The minimum atomic E-state index is -3.82. The lowest BCUT2D eigenvalue weighted by atomic mass is 10.0. The molecule has 0 aliphatic rings. The van der Waals surface area contributed by atoms with E-state index in [4.69, 9.17) is 0 Å². The molecule has 0 spiro atoms. The second-order valence-electron chi connectivity index (χ2n) is 6.52.